The van der Waals surface area contributed by atoms with E-state index in [2.05, 4.69) is 42.7 Å². The molecule has 0 amide bonds. The highest BCUT2D eigenvalue weighted by atomic mass is 32.2. The van der Waals surface area contributed by atoms with Crippen LogP contribution in [-0.2, 0) is 0 Å². The first-order chi connectivity index (χ1) is 8.03. The van der Waals surface area contributed by atoms with E-state index in [0.717, 1.165) is 11.8 Å². The summed E-state index contributed by atoms with van der Waals surface area (Å²) in [6.45, 7) is 12.0. The summed E-state index contributed by atoms with van der Waals surface area (Å²) in [6.07, 6.45) is 2.84. The molecule has 0 aromatic heterocycles. The molecule has 0 saturated carbocycles. The second-order valence-electron chi connectivity index (χ2n) is 6.77. The molecule has 2 aliphatic heterocycles. The first kappa shape index (κ1) is 13.7. The molecule has 3 heteroatoms. The minimum atomic E-state index is 0.273. The van der Waals surface area contributed by atoms with Gasteiger partial charge in [-0.3, -0.25) is 0 Å². The van der Waals surface area contributed by atoms with Crippen LogP contribution in [0, 0.1) is 11.8 Å². The monoisotopic (exact) mass is 256 g/mol. The highest BCUT2D eigenvalue weighted by Crippen LogP contribution is 2.26. The molecule has 2 nitrogen and oxygen atoms in total. The van der Waals surface area contributed by atoms with Crippen LogP contribution >= 0.6 is 11.8 Å². The summed E-state index contributed by atoms with van der Waals surface area (Å²) in [6, 6.07) is 0. The summed E-state index contributed by atoms with van der Waals surface area (Å²) in [4.78, 5) is 2.70. The first-order valence-corrected chi connectivity index (χ1v) is 8.23. The Morgan fingerprint density at radius 3 is 2.71 bits per heavy atom. The zero-order valence-corrected chi connectivity index (χ0v) is 12.5. The Bertz CT molecular complexity index is 231. The standard InChI is InChI=1S/C14H28N2S/c1-14(2,3)15-8-12-4-6-16(9-12)10-13-5-7-17-11-13/h12-13,15H,4-11H2,1-3H3. The van der Waals surface area contributed by atoms with Gasteiger partial charge in [-0.05, 0) is 70.0 Å². The summed E-state index contributed by atoms with van der Waals surface area (Å²) in [7, 11) is 0. The van der Waals surface area contributed by atoms with Gasteiger partial charge in [0.15, 0.2) is 0 Å². The lowest BCUT2D eigenvalue weighted by molar-refractivity contribution is 0.275. The van der Waals surface area contributed by atoms with Gasteiger partial charge in [0, 0.05) is 18.6 Å². The molecule has 0 radical (unpaired) electrons. The van der Waals surface area contributed by atoms with Crippen molar-refractivity contribution in [3.8, 4) is 0 Å². The summed E-state index contributed by atoms with van der Waals surface area (Å²) in [5, 5.41) is 3.65. The minimum Gasteiger partial charge on any atom is -0.312 e. The van der Waals surface area contributed by atoms with Crippen molar-refractivity contribution in [3.63, 3.8) is 0 Å². The smallest absolute Gasteiger partial charge is 0.00966 e. The average molecular weight is 256 g/mol. The van der Waals surface area contributed by atoms with E-state index < -0.39 is 0 Å². The fourth-order valence-corrected chi connectivity index (χ4v) is 4.06. The number of likely N-dealkylation sites (tertiary alicyclic amines) is 1. The van der Waals surface area contributed by atoms with Crippen molar-refractivity contribution < 1.29 is 0 Å². The van der Waals surface area contributed by atoms with E-state index in [1.807, 2.05) is 0 Å². The average Bonchev–Trinajstić information content (AvgIpc) is 2.86. The molecule has 2 aliphatic rings. The fraction of sp³-hybridized carbons (Fsp3) is 1.00. The molecular formula is C14H28N2S. The molecule has 2 atom stereocenters. The number of nitrogens with zero attached hydrogens (tertiary/aromatic N) is 1. The number of nitrogens with one attached hydrogen (secondary N) is 1. The Balaban J connectivity index is 1.64. The number of hydrogen-bond donors (Lipinski definition) is 1. The van der Waals surface area contributed by atoms with Crippen molar-refractivity contribution in [2.24, 2.45) is 11.8 Å². The summed E-state index contributed by atoms with van der Waals surface area (Å²) >= 11 is 2.14. The molecule has 2 saturated heterocycles. The van der Waals surface area contributed by atoms with Crippen molar-refractivity contribution in [3.05, 3.63) is 0 Å². The quantitative estimate of drug-likeness (QED) is 0.832. The normalized spacial score (nSPS) is 31.2. The van der Waals surface area contributed by atoms with Crippen LogP contribution in [-0.4, -0.2) is 48.1 Å². The second-order valence-corrected chi connectivity index (χ2v) is 7.92. The minimum absolute atomic E-state index is 0.273. The molecule has 2 rings (SSSR count). The zero-order chi connectivity index (χ0) is 12.3. The van der Waals surface area contributed by atoms with Gasteiger partial charge in [-0.15, -0.1) is 0 Å². The maximum absolute atomic E-state index is 3.65. The molecule has 0 bridgehead atoms. The molecule has 0 aromatic rings. The third-order valence-corrected chi connectivity index (χ3v) is 5.06. The van der Waals surface area contributed by atoms with Crippen LogP contribution in [0.15, 0.2) is 0 Å². The highest BCUT2D eigenvalue weighted by Gasteiger charge is 2.26. The van der Waals surface area contributed by atoms with Gasteiger partial charge in [-0.1, -0.05) is 0 Å². The summed E-state index contributed by atoms with van der Waals surface area (Å²) in [5.74, 6) is 4.66. The van der Waals surface area contributed by atoms with Crippen molar-refractivity contribution in [2.75, 3.05) is 37.7 Å². The molecule has 0 aliphatic carbocycles. The maximum atomic E-state index is 3.65. The molecular weight excluding hydrogens is 228 g/mol. The van der Waals surface area contributed by atoms with Gasteiger partial charge in [0.1, 0.15) is 0 Å². The molecule has 2 heterocycles. The third kappa shape index (κ3) is 4.80. The first-order valence-electron chi connectivity index (χ1n) is 7.08. The van der Waals surface area contributed by atoms with Crippen molar-refractivity contribution in [2.45, 2.75) is 39.2 Å². The Morgan fingerprint density at radius 2 is 2.06 bits per heavy atom. The van der Waals surface area contributed by atoms with Gasteiger partial charge < -0.3 is 10.2 Å². The fourth-order valence-electron chi connectivity index (χ4n) is 2.79. The predicted molar refractivity (Wildman–Crippen MR) is 77.7 cm³/mol. The second kappa shape index (κ2) is 5.94. The molecule has 100 valence electrons. The van der Waals surface area contributed by atoms with Crippen LogP contribution in [0.25, 0.3) is 0 Å². The lowest BCUT2D eigenvalue weighted by Crippen LogP contribution is -2.40. The zero-order valence-electron chi connectivity index (χ0n) is 11.7. The molecule has 1 N–H and O–H groups in total. The van der Waals surface area contributed by atoms with Crippen molar-refractivity contribution in [1.29, 1.82) is 0 Å². The van der Waals surface area contributed by atoms with Crippen molar-refractivity contribution >= 4 is 11.8 Å². The van der Waals surface area contributed by atoms with Gasteiger partial charge in [-0.2, -0.15) is 11.8 Å². The number of rotatable bonds is 4. The predicted octanol–water partition coefficient (Wildman–Crippen LogP) is 2.45. The van der Waals surface area contributed by atoms with Crippen molar-refractivity contribution in [1.82, 2.24) is 10.2 Å². The largest absolute Gasteiger partial charge is 0.312 e. The van der Waals surface area contributed by atoms with Crippen LogP contribution in [0.3, 0.4) is 0 Å². The Kier molecular flexibility index (Phi) is 4.79. The molecule has 0 aromatic carbocycles. The lowest BCUT2D eigenvalue weighted by Gasteiger charge is -2.24. The van der Waals surface area contributed by atoms with E-state index in [1.165, 1.54) is 50.5 Å². The van der Waals surface area contributed by atoms with Gasteiger partial charge >= 0.3 is 0 Å². The Morgan fingerprint density at radius 1 is 1.24 bits per heavy atom. The molecule has 2 unspecified atom stereocenters. The Hall–Kier alpha value is 0.270. The summed E-state index contributed by atoms with van der Waals surface area (Å²) < 4.78 is 0. The SMILES string of the molecule is CC(C)(C)NCC1CCN(CC2CCSC2)C1. The number of hydrogen-bond acceptors (Lipinski definition) is 3. The van der Waals surface area contributed by atoms with E-state index in [9.17, 15) is 0 Å². The Labute approximate surface area is 111 Å². The topological polar surface area (TPSA) is 15.3 Å². The maximum Gasteiger partial charge on any atom is 0.00966 e. The van der Waals surface area contributed by atoms with Gasteiger partial charge in [0.05, 0.1) is 0 Å². The van der Waals surface area contributed by atoms with E-state index >= 15 is 0 Å². The van der Waals surface area contributed by atoms with Crippen LogP contribution < -0.4 is 5.32 Å². The van der Waals surface area contributed by atoms with Crippen LogP contribution in [0.2, 0.25) is 0 Å². The molecule has 2 fully saturated rings. The lowest BCUT2D eigenvalue weighted by atomic mass is 10.1. The molecule has 17 heavy (non-hydrogen) atoms. The van der Waals surface area contributed by atoms with Gasteiger partial charge in [-0.25, -0.2) is 0 Å². The van der Waals surface area contributed by atoms with Crippen LogP contribution in [0.5, 0.6) is 0 Å². The highest BCUT2D eigenvalue weighted by molar-refractivity contribution is 7.99. The third-order valence-electron chi connectivity index (χ3n) is 3.83. The van der Waals surface area contributed by atoms with E-state index in [4.69, 9.17) is 0 Å². The van der Waals surface area contributed by atoms with Gasteiger partial charge in [0.2, 0.25) is 0 Å². The van der Waals surface area contributed by atoms with E-state index in [0.29, 0.717) is 0 Å². The van der Waals surface area contributed by atoms with Gasteiger partial charge in [0.25, 0.3) is 0 Å². The number of thioether (sulfide) groups is 1. The molecule has 0 spiro atoms. The summed E-state index contributed by atoms with van der Waals surface area (Å²) in [5.41, 5.74) is 0.273. The van der Waals surface area contributed by atoms with Crippen LogP contribution in [0.1, 0.15) is 33.6 Å². The van der Waals surface area contributed by atoms with E-state index in [-0.39, 0.29) is 5.54 Å². The van der Waals surface area contributed by atoms with Crippen LogP contribution in [0.4, 0.5) is 0 Å². The van der Waals surface area contributed by atoms with E-state index in [1.54, 1.807) is 0 Å².